The van der Waals surface area contributed by atoms with Gasteiger partial charge in [-0.25, -0.2) is 8.42 Å². The molecule has 0 aromatic heterocycles. The normalized spacial score (nSPS) is 21.0. The molecule has 3 atom stereocenters. The second-order valence-corrected chi connectivity index (χ2v) is 12.4. The van der Waals surface area contributed by atoms with E-state index < -0.39 is 28.0 Å². The highest BCUT2D eigenvalue weighted by atomic mass is 32.2. The molecule has 3 aromatic carbocycles. The summed E-state index contributed by atoms with van der Waals surface area (Å²) in [5, 5.41) is 9.89. The van der Waals surface area contributed by atoms with E-state index in [0.717, 1.165) is 28.9 Å². The Hall–Kier alpha value is -2.61. The zero-order chi connectivity index (χ0) is 25.0. The fourth-order valence-corrected chi connectivity index (χ4v) is 7.60. The number of aliphatic carboxylic acids is 1. The van der Waals surface area contributed by atoms with Crippen LogP contribution in [0.3, 0.4) is 0 Å². The van der Waals surface area contributed by atoms with Gasteiger partial charge in [0, 0.05) is 11.8 Å². The Bertz CT molecular complexity index is 1240. The number of benzene rings is 3. The lowest BCUT2D eigenvalue weighted by Gasteiger charge is -2.42. The van der Waals surface area contributed by atoms with E-state index in [0.29, 0.717) is 6.42 Å². The van der Waals surface area contributed by atoms with E-state index in [1.165, 1.54) is 9.87 Å². The number of carboxylic acids is 1. The van der Waals surface area contributed by atoms with Gasteiger partial charge in [-0.3, -0.25) is 4.79 Å². The number of carbonyl (C=O) groups is 1. The number of hydrogen-bond donors (Lipinski definition) is 1. The van der Waals surface area contributed by atoms with E-state index >= 15 is 0 Å². The van der Waals surface area contributed by atoms with Crippen LogP contribution in [0.1, 0.15) is 34.7 Å². The summed E-state index contributed by atoms with van der Waals surface area (Å²) in [6.45, 7) is 3.85. The average Bonchev–Trinajstić information content (AvgIpc) is 2.85. The van der Waals surface area contributed by atoms with Crippen LogP contribution in [-0.4, -0.2) is 41.3 Å². The zero-order valence-electron chi connectivity index (χ0n) is 20.0. The molecule has 0 radical (unpaired) electrons. The standard InChI is InChI=1S/C28H31NO4S2/c1-20-8-12-23(13-9-20)26-18-27(34-17-16-22-6-4-3-5-7-22)25(28(30)31)19-29(26)35(32,33)24-14-10-21(2)11-15-24/h3-15,25-27H,16-19H2,1-2H3,(H,30,31)/t25-,26+,27-/m1/s1. The average molecular weight is 510 g/mol. The van der Waals surface area contributed by atoms with Crippen LogP contribution in [0.25, 0.3) is 0 Å². The van der Waals surface area contributed by atoms with Crippen molar-refractivity contribution in [3.05, 3.63) is 101 Å². The summed E-state index contributed by atoms with van der Waals surface area (Å²) in [6.07, 6.45) is 1.29. The van der Waals surface area contributed by atoms with Gasteiger partial charge >= 0.3 is 5.97 Å². The van der Waals surface area contributed by atoms with Gasteiger partial charge in [-0.2, -0.15) is 16.1 Å². The Morgan fingerprint density at radius 2 is 1.54 bits per heavy atom. The van der Waals surface area contributed by atoms with Crippen LogP contribution in [0.2, 0.25) is 0 Å². The van der Waals surface area contributed by atoms with Gasteiger partial charge in [0.2, 0.25) is 10.0 Å². The van der Waals surface area contributed by atoms with Crippen molar-refractivity contribution in [1.82, 2.24) is 4.31 Å². The van der Waals surface area contributed by atoms with Gasteiger partial charge < -0.3 is 5.11 Å². The first-order chi connectivity index (χ1) is 16.8. The predicted molar refractivity (Wildman–Crippen MR) is 141 cm³/mol. The lowest BCUT2D eigenvalue weighted by Crippen LogP contribution is -2.49. The summed E-state index contributed by atoms with van der Waals surface area (Å²) < 4.78 is 28.9. The van der Waals surface area contributed by atoms with Crippen LogP contribution in [-0.2, 0) is 21.2 Å². The number of rotatable bonds is 8. The summed E-state index contributed by atoms with van der Waals surface area (Å²) in [5.74, 6) is -0.949. The number of nitrogens with zero attached hydrogens (tertiary/aromatic N) is 1. The molecule has 0 aliphatic carbocycles. The molecule has 1 N–H and O–H groups in total. The van der Waals surface area contributed by atoms with Gasteiger partial charge in [0.25, 0.3) is 0 Å². The third-order valence-electron chi connectivity index (χ3n) is 6.60. The maximum atomic E-state index is 13.7. The Morgan fingerprint density at radius 1 is 0.943 bits per heavy atom. The minimum absolute atomic E-state index is 0.0485. The Kier molecular flexibility index (Phi) is 7.99. The molecule has 7 heteroatoms. The van der Waals surface area contributed by atoms with Crippen LogP contribution in [0.15, 0.2) is 83.8 Å². The van der Waals surface area contributed by atoms with Gasteiger partial charge in [0.1, 0.15) is 0 Å². The summed E-state index contributed by atoms with van der Waals surface area (Å²) in [6, 6.07) is 24.3. The van der Waals surface area contributed by atoms with E-state index in [1.54, 1.807) is 36.0 Å². The molecule has 0 bridgehead atoms. The number of sulfonamides is 1. The van der Waals surface area contributed by atoms with Crippen LogP contribution in [0.4, 0.5) is 0 Å². The molecule has 1 aliphatic heterocycles. The third kappa shape index (κ3) is 5.97. The molecule has 5 nitrogen and oxygen atoms in total. The third-order valence-corrected chi connectivity index (χ3v) is 9.88. The molecule has 35 heavy (non-hydrogen) atoms. The molecular formula is C28H31NO4S2. The molecule has 1 saturated heterocycles. The van der Waals surface area contributed by atoms with Gasteiger partial charge in [0.15, 0.2) is 0 Å². The smallest absolute Gasteiger partial charge is 0.308 e. The van der Waals surface area contributed by atoms with Gasteiger partial charge in [-0.1, -0.05) is 77.9 Å². The molecule has 1 heterocycles. The highest BCUT2D eigenvalue weighted by Gasteiger charge is 2.45. The zero-order valence-corrected chi connectivity index (χ0v) is 21.6. The molecule has 0 spiro atoms. The Morgan fingerprint density at radius 3 is 2.14 bits per heavy atom. The SMILES string of the molecule is Cc1ccc([C@@H]2C[C@@H](SCCc3ccccc3)[C@H](C(=O)O)CN2S(=O)(=O)c2ccc(C)cc2)cc1. The van der Waals surface area contributed by atoms with Crippen molar-refractivity contribution in [2.45, 2.75) is 42.9 Å². The summed E-state index contributed by atoms with van der Waals surface area (Å²) in [5.41, 5.74) is 4.16. The Labute approximate surface area is 212 Å². The molecule has 4 rings (SSSR count). The van der Waals surface area contributed by atoms with Crippen molar-refractivity contribution in [1.29, 1.82) is 0 Å². The largest absolute Gasteiger partial charge is 0.481 e. The molecule has 1 fully saturated rings. The van der Waals surface area contributed by atoms with Crippen LogP contribution >= 0.6 is 11.8 Å². The van der Waals surface area contributed by atoms with Crippen LogP contribution < -0.4 is 0 Å². The molecule has 0 unspecified atom stereocenters. The first-order valence-electron chi connectivity index (χ1n) is 11.8. The second-order valence-electron chi connectivity index (χ2n) is 9.14. The van der Waals surface area contributed by atoms with Crippen molar-refractivity contribution in [2.24, 2.45) is 5.92 Å². The highest BCUT2D eigenvalue weighted by molar-refractivity contribution is 7.99. The maximum absolute atomic E-state index is 13.7. The van der Waals surface area contributed by atoms with Crippen molar-refractivity contribution >= 4 is 27.8 Å². The minimum Gasteiger partial charge on any atom is -0.481 e. The Balaban J connectivity index is 1.64. The number of carboxylic acid groups (broad SMARTS) is 1. The molecule has 0 saturated carbocycles. The van der Waals surface area contributed by atoms with E-state index in [-0.39, 0.29) is 16.7 Å². The summed E-state index contributed by atoms with van der Waals surface area (Å²) in [7, 11) is -3.88. The fraction of sp³-hybridized carbons (Fsp3) is 0.321. The molecular weight excluding hydrogens is 478 g/mol. The minimum atomic E-state index is -3.88. The van der Waals surface area contributed by atoms with Crippen molar-refractivity contribution in [3.63, 3.8) is 0 Å². The quantitative estimate of drug-likeness (QED) is 0.435. The summed E-state index contributed by atoms with van der Waals surface area (Å²) >= 11 is 1.64. The lowest BCUT2D eigenvalue weighted by atomic mass is 9.90. The second kappa shape index (κ2) is 11.0. The maximum Gasteiger partial charge on any atom is 0.308 e. The molecule has 184 valence electrons. The fourth-order valence-electron chi connectivity index (χ4n) is 4.54. The summed E-state index contributed by atoms with van der Waals surface area (Å²) in [4.78, 5) is 12.5. The molecule has 3 aromatic rings. The number of hydrogen-bond acceptors (Lipinski definition) is 4. The molecule has 0 amide bonds. The van der Waals surface area contributed by atoms with Gasteiger partial charge in [-0.15, -0.1) is 0 Å². The van der Waals surface area contributed by atoms with E-state index in [9.17, 15) is 18.3 Å². The predicted octanol–water partition coefficient (Wildman–Crippen LogP) is 5.48. The van der Waals surface area contributed by atoms with E-state index in [4.69, 9.17) is 0 Å². The number of piperidine rings is 1. The first kappa shape index (κ1) is 25.5. The van der Waals surface area contributed by atoms with Gasteiger partial charge in [-0.05, 0) is 55.7 Å². The number of thioether (sulfide) groups is 1. The van der Waals surface area contributed by atoms with E-state index in [1.807, 2.05) is 56.3 Å². The first-order valence-corrected chi connectivity index (χ1v) is 14.3. The van der Waals surface area contributed by atoms with Crippen LogP contribution in [0, 0.1) is 19.8 Å². The lowest BCUT2D eigenvalue weighted by molar-refractivity contribution is -0.143. The van der Waals surface area contributed by atoms with Crippen molar-refractivity contribution in [3.8, 4) is 0 Å². The van der Waals surface area contributed by atoms with Crippen molar-refractivity contribution < 1.29 is 18.3 Å². The highest BCUT2D eigenvalue weighted by Crippen LogP contribution is 2.42. The topological polar surface area (TPSA) is 74.7 Å². The number of aryl methyl sites for hydroxylation is 3. The van der Waals surface area contributed by atoms with E-state index in [2.05, 4.69) is 12.1 Å². The van der Waals surface area contributed by atoms with Crippen LogP contribution in [0.5, 0.6) is 0 Å². The monoisotopic (exact) mass is 509 g/mol. The van der Waals surface area contributed by atoms with Crippen molar-refractivity contribution in [2.75, 3.05) is 12.3 Å². The molecule has 1 aliphatic rings. The van der Waals surface area contributed by atoms with Gasteiger partial charge in [0.05, 0.1) is 16.9 Å².